The Morgan fingerprint density at radius 1 is 1.24 bits per heavy atom. The zero-order chi connectivity index (χ0) is 21.2. The van der Waals surface area contributed by atoms with Gasteiger partial charge in [0.05, 0.1) is 5.60 Å². The lowest BCUT2D eigenvalue weighted by Crippen LogP contribution is -2.40. The molecule has 0 aliphatic carbocycles. The fraction of sp³-hybridized carbons (Fsp3) is 0.565. The van der Waals surface area contributed by atoms with Crippen LogP contribution in [0.4, 0.5) is 5.69 Å². The van der Waals surface area contributed by atoms with Crippen molar-refractivity contribution in [3.05, 3.63) is 30.0 Å². The maximum absolute atomic E-state index is 12.9. The average molecular weight is 400 g/mol. The number of ether oxygens (including phenoxy) is 1. The lowest BCUT2D eigenvalue weighted by molar-refractivity contribution is -0.117. The summed E-state index contributed by atoms with van der Waals surface area (Å²) in [6.45, 7) is 12.1. The minimum Gasteiger partial charge on any atom is -0.373 e. The Hall–Kier alpha value is -2.34. The number of anilines is 1. The Morgan fingerprint density at radius 3 is 2.62 bits per heavy atom. The lowest BCUT2D eigenvalue weighted by Gasteiger charge is -2.23. The quantitative estimate of drug-likeness (QED) is 0.759. The minimum atomic E-state index is -0.275. The van der Waals surface area contributed by atoms with Crippen molar-refractivity contribution in [2.75, 3.05) is 18.5 Å². The standard InChI is InChI=1S/C23H33N3O3/c1-6-26-18-9-8-17(25-20(27)14-22(2,3)4)12-16(18)13-19(26)21(28)24-15-23(5)10-7-11-29-23/h8-9,12-13H,6-7,10-11,14-15H2,1-5H3,(H,24,28)(H,25,27)/t23-/m0/s1. The molecule has 0 unspecified atom stereocenters. The molecule has 2 aromatic rings. The molecule has 1 aromatic carbocycles. The first kappa shape index (κ1) is 21.4. The van der Waals surface area contributed by atoms with E-state index in [1.54, 1.807) is 0 Å². The van der Waals surface area contributed by atoms with Crippen LogP contribution < -0.4 is 10.6 Å². The van der Waals surface area contributed by atoms with Gasteiger partial charge in [-0.05, 0) is 56.4 Å². The van der Waals surface area contributed by atoms with Gasteiger partial charge in [-0.3, -0.25) is 9.59 Å². The number of nitrogens with one attached hydrogen (secondary N) is 2. The second-order valence-corrected chi connectivity index (χ2v) is 9.42. The zero-order valence-corrected chi connectivity index (χ0v) is 18.2. The molecule has 2 amide bonds. The maximum atomic E-state index is 12.9. The molecule has 2 N–H and O–H groups in total. The van der Waals surface area contributed by atoms with E-state index in [0.29, 0.717) is 25.2 Å². The number of nitrogens with zero attached hydrogens (tertiary/aromatic N) is 1. The molecule has 1 aliphatic heterocycles. The first-order valence-corrected chi connectivity index (χ1v) is 10.5. The number of carbonyl (C=O) groups excluding carboxylic acids is 2. The van der Waals surface area contributed by atoms with E-state index in [1.165, 1.54) is 0 Å². The Balaban J connectivity index is 1.78. The monoisotopic (exact) mass is 399 g/mol. The fourth-order valence-electron chi connectivity index (χ4n) is 3.90. The number of amides is 2. The molecule has 1 fully saturated rings. The molecule has 1 atom stereocenters. The number of aromatic nitrogens is 1. The largest absolute Gasteiger partial charge is 0.373 e. The van der Waals surface area contributed by atoms with Gasteiger partial charge in [-0.15, -0.1) is 0 Å². The molecular weight excluding hydrogens is 366 g/mol. The molecular formula is C23H33N3O3. The van der Waals surface area contributed by atoms with Crippen molar-refractivity contribution in [1.29, 1.82) is 0 Å². The number of hydrogen-bond acceptors (Lipinski definition) is 3. The number of fused-ring (bicyclic) bond motifs is 1. The van der Waals surface area contributed by atoms with Crippen molar-refractivity contribution in [1.82, 2.24) is 9.88 Å². The van der Waals surface area contributed by atoms with Gasteiger partial charge in [-0.25, -0.2) is 0 Å². The van der Waals surface area contributed by atoms with E-state index in [4.69, 9.17) is 4.74 Å². The Kier molecular flexibility index (Phi) is 6.03. The van der Waals surface area contributed by atoms with Crippen molar-refractivity contribution in [3.8, 4) is 0 Å². The van der Waals surface area contributed by atoms with Crippen LogP contribution in [-0.2, 0) is 16.1 Å². The molecule has 1 aromatic heterocycles. The molecule has 2 heterocycles. The van der Waals surface area contributed by atoms with E-state index in [2.05, 4.69) is 10.6 Å². The number of hydrogen-bond donors (Lipinski definition) is 2. The van der Waals surface area contributed by atoms with Gasteiger partial charge in [0, 0.05) is 42.7 Å². The third-order valence-electron chi connectivity index (χ3n) is 5.35. The van der Waals surface area contributed by atoms with Gasteiger partial charge < -0.3 is 19.9 Å². The summed E-state index contributed by atoms with van der Waals surface area (Å²) in [5, 5.41) is 6.94. The minimum absolute atomic E-state index is 0.00505. The second kappa shape index (κ2) is 8.19. The normalized spacial score (nSPS) is 19.5. The summed E-state index contributed by atoms with van der Waals surface area (Å²) in [6, 6.07) is 7.68. The van der Waals surface area contributed by atoms with Crippen molar-refractivity contribution in [2.24, 2.45) is 5.41 Å². The molecule has 29 heavy (non-hydrogen) atoms. The third-order valence-corrected chi connectivity index (χ3v) is 5.35. The molecule has 6 nitrogen and oxygen atoms in total. The summed E-state index contributed by atoms with van der Waals surface area (Å²) < 4.78 is 7.77. The number of benzene rings is 1. The fourth-order valence-corrected chi connectivity index (χ4v) is 3.90. The van der Waals surface area contributed by atoms with Crippen LogP contribution in [0.15, 0.2) is 24.3 Å². The number of rotatable bonds is 6. The van der Waals surface area contributed by atoms with Gasteiger partial charge in [-0.1, -0.05) is 20.8 Å². The zero-order valence-electron chi connectivity index (χ0n) is 18.2. The second-order valence-electron chi connectivity index (χ2n) is 9.42. The maximum Gasteiger partial charge on any atom is 0.268 e. The molecule has 158 valence electrons. The smallest absolute Gasteiger partial charge is 0.268 e. The molecule has 0 saturated carbocycles. The topological polar surface area (TPSA) is 72.4 Å². The van der Waals surface area contributed by atoms with Crippen molar-refractivity contribution < 1.29 is 14.3 Å². The van der Waals surface area contributed by atoms with E-state index < -0.39 is 0 Å². The van der Waals surface area contributed by atoms with Crippen LogP contribution in [0.1, 0.15) is 64.4 Å². The Morgan fingerprint density at radius 2 is 2.00 bits per heavy atom. The molecule has 0 radical (unpaired) electrons. The Bertz CT molecular complexity index is 902. The first-order valence-electron chi connectivity index (χ1n) is 10.5. The summed E-state index contributed by atoms with van der Waals surface area (Å²) in [7, 11) is 0. The van der Waals surface area contributed by atoms with E-state index in [-0.39, 0.29) is 22.8 Å². The molecule has 6 heteroatoms. The summed E-state index contributed by atoms with van der Waals surface area (Å²) in [5.41, 5.74) is 2.02. The van der Waals surface area contributed by atoms with Crippen molar-refractivity contribution in [3.63, 3.8) is 0 Å². The summed E-state index contributed by atoms with van der Waals surface area (Å²) in [5.74, 6) is -0.104. The highest BCUT2D eigenvalue weighted by Crippen LogP contribution is 2.26. The lowest BCUT2D eigenvalue weighted by atomic mass is 9.92. The van der Waals surface area contributed by atoms with E-state index in [9.17, 15) is 9.59 Å². The highest BCUT2D eigenvalue weighted by atomic mass is 16.5. The highest BCUT2D eigenvalue weighted by molar-refractivity contribution is 6.00. The molecule has 0 bridgehead atoms. The van der Waals surface area contributed by atoms with Gasteiger partial charge in [-0.2, -0.15) is 0 Å². The van der Waals surface area contributed by atoms with Crippen LogP contribution in [0.3, 0.4) is 0 Å². The van der Waals surface area contributed by atoms with Crippen molar-refractivity contribution >= 4 is 28.4 Å². The predicted octanol–water partition coefficient (Wildman–Crippen LogP) is 4.33. The summed E-state index contributed by atoms with van der Waals surface area (Å²) in [6.07, 6.45) is 2.45. The summed E-state index contributed by atoms with van der Waals surface area (Å²) >= 11 is 0. The average Bonchev–Trinajstić information content (AvgIpc) is 3.21. The molecule has 3 rings (SSSR count). The van der Waals surface area contributed by atoms with Gasteiger partial charge in [0.2, 0.25) is 5.91 Å². The van der Waals surface area contributed by atoms with E-state index in [1.807, 2.05) is 63.5 Å². The van der Waals surface area contributed by atoms with E-state index >= 15 is 0 Å². The van der Waals surface area contributed by atoms with Crippen LogP contribution >= 0.6 is 0 Å². The predicted molar refractivity (Wildman–Crippen MR) is 116 cm³/mol. The Labute approximate surface area is 173 Å². The van der Waals surface area contributed by atoms with Gasteiger partial charge in [0.15, 0.2) is 0 Å². The number of aryl methyl sites for hydroxylation is 1. The van der Waals surface area contributed by atoms with Crippen LogP contribution in [0.25, 0.3) is 10.9 Å². The number of carbonyl (C=O) groups is 2. The third kappa shape index (κ3) is 5.18. The first-order chi connectivity index (χ1) is 13.6. The van der Waals surface area contributed by atoms with Crippen LogP contribution in [0, 0.1) is 5.41 Å². The highest BCUT2D eigenvalue weighted by Gasteiger charge is 2.30. The van der Waals surface area contributed by atoms with Crippen LogP contribution in [0.2, 0.25) is 0 Å². The molecule has 1 saturated heterocycles. The van der Waals surface area contributed by atoms with Gasteiger partial charge in [0.25, 0.3) is 5.91 Å². The van der Waals surface area contributed by atoms with Gasteiger partial charge in [0.1, 0.15) is 5.69 Å². The van der Waals surface area contributed by atoms with Crippen LogP contribution in [0.5, 0.6) is 0 Å². The van der Waals surface area contributed by atoms with Crippen molar-refractivity contribution in [2.45, 2.75) is 66.0 Å². The summed E-state index contributed by atoms with van der Waals surface area (Å²) in [4.78, 5) is 25.1. The van der Waals surface area contributed by atoms with Crippen LogP contribution in [-0.4, -0.2) is 35.1 Å². The molecule has 1 aliphatic rings. The van der Waals surface area contributed by atoms with E-state index in [0.717, 1.165) is 36.0 Å². The molecule has 0 spiro atoms. The SMILES string of the molecule is CCn1c(C(=O)NC[C@]2(C)CCCO2)cc2cc(NC(=O)CC(C)(C)C)ccc21. The van der Waals surface area contributed by atoms with Gasteiger partial charge >= 0.3 is 0 Å².